The number of benzene rings is 1. The summed E-state index contributed by atoms with van der Waals surface area (Å²) in [5, 5.41) is 5.52. The highest BCUT2D eigenvalue weighted by atomic mass is 16.2. The zero-order valence-electron chi connectivity index (χ0n) is 16.7. The van der Waals surface area contributed by atoms with Crippen molar-refractivity contribution in [3.63, 3.8) is 0 Å². The van der Waals surface area contributed by atoms with Crippen molar-refractivity contribution < 1.29 is 14.4 Å². The molecule has 1 fully saturated rings. The van der Waals surface area contributed by atoms with E-state index in [1.807, 2.05) is 17.2 Å². The lowest BCUT2D eigenvalue weighted by molar-refractivity contribution is -0.133. The highest BCUT2D eigenvalue weighted by molar-refractivity contribution is 6.09. The van der Waals surface area contributed by atoms with Gasteiger partial charge in [-0.1, -0.05) is 18.2 Å². The summed E-state index contributed by atoms with van der Waals surface area (Å²) in [5.41, 5.74) is 2.09. The average Bonchev–Trinajstić information content (AvgIpc) is 2.89. The van der Waals surface area contributed by atoms with Crippen molar-refractivity contribution in [3.8, 4) is 0 Å². The third kappa shape index (κ3) is 4.65. The Bertz CT molecular complexity index is 925. The third-order valence-corrected chi connectivity index (χ3v) is 5.55. The maximum absolute atomic E-state index is 12.7. The van der Waals surface area contributed by atoms with Crippen LogP contribution in [0.2, 0.25) is 0 Å². The largest absolute Gasteiger partial charge is 0.340 e. The number of hydrogen-bond acceptors (Lipinski definition) is 5. The summed E-state index contributed by atoms with van der Waals surface area (Å²) in [7, 11) is 0. The lowest BCUT2D eigenvalue weighted by Gasteiger charge is -2.35. The number of rotatable bonds is 5. The molecule has 0 spiro atoms. The van der Waals surface area contributed by atoms with E-state index in [1.165, 1.54) is 0 Å². The van der Waals surface area contributed by atoms with Crippen molar-refractivity contribution in [2.45, 2.75) is 25.4 Å². The Morgan fingerprint density at radius 1 is 1.07 bits per heavy atom. The van der Waals surface area contributed by atoms with Gasteiger partial charge in [-0.05, 0) is 30.2 Å². The van der Waals surface area contributed by atoms with E-state index in [1.54, 1.807) is 30.5 Å². The molecule has 4 rings (SSSR count). The molecule has 2 N–H and O–H groups in total. The summed E-state index contributed by atoms with van der Waals surface area (Å²) >= 11 is 0. The molecule has 0 radical (unpaired) electrons. The molecule has 2 aliphatic heterocycles. The quantitative estimate of drug-likeness (QED) is 0.778. The molecular formula is C22H25N5O3. The number of nitrogens with zero attached hydrogens (tertiary/aromatic N) is 3. The lowest BCUT2D eigenvalue weighted by Crippen LogP contribution is -2.49. The highest BCUT2D eigenvalue weighted by Crippen LogP contribution is 2.19. The van der Waals surface area contributed by atoms with E-state index < -0.39 is 6.04 Å². The van der Waals surface area contributed by atoms with Gasteiger partial charge in [-0.15, -0.1) is 0 Å². The first-order valence-corrected chi connectivity index (χ1v) is 10.2. The van der Waals surface area contributed by atoms with E-state index in [4.69, 9.17) is 0 Å². The van der Waals surface area contributed by atoms with Crippen LogP contribution >= 0.6 is 0 Å². The SMILES string of the molecule is O=C1N[C@H](CCC(=O)N2CCN(Cc3cccnc3)CC2)C(=O)Nc2ccccc21. The summed E-state index contributed by atoms with van der Waals surface area (Å²) in [6.07, 6.45) is 4.12. The van der Waals surface area contributed by atoms with Gasteiger partial charge in [-0.25, -0.2) is 0 Å². The molecule has 0 bridgehead atoms. The van der Waals surface area contributed by atoms with Crippen molar-refractivity contribution in [3.05, 3.63) is 59.9 Å². The molecule has 3 heterocycles. The molecule has 8 nitrogen and oxygen atoms in total. The topological polar surface area (TPSA) is 94.6 Å². The number of nitrogens with one attached hydrogen (secondary N) is 2. The fourth-order valence-electron chi connectivity index (χ4n) is 3.85. The van der Waals surface area contributed by atoms with Crippen LogP contribution in [-0.2, 0) is 16.1 Å². The standard InChI is InChI=1S/C22H25N5O3/c28-20(27-12-10-26(11-13-27)15-16-4-3-9-23-14-16)8-7-19-22(30)24-18-6-2-1-5-17(18)21(29)25-19/h1-6,9,14,19H,7-8,10-13,15H2,(H,24,30)(H,25,29)/t19-/m1/s1. The number of para-hydroxylation sites is 1. The Hall–Kier alpha value is -3.26. The van der Waals surface area contributed by atoms with Crippen LogP contribution in [0.5, 0.6) is 0 Å². The van der Waals surface area contributed by atoms with E-state index in [-0.39, 0.29) is 30.6 Å². The zero-order chi connectivity index (χ0) is 20.9. The Kier molecular flexibility index (Phi) is 6.04. The van der Waals surface area contributed by atoms with Crippen molar-refractivity contribution in [2.75, 3.05) is 31.5 Å². The van der Waals surface area contributed by atoms with Crippen LogP contribution in [0.1, 0.15) is 28.8 Å². The molecule has 0 unspecified atom stereocenters. The zero-order valence-corrected chi connectivity index (χ0v) is 16.7. The van der Waals surface area contributed by atoms with Crippen LogP contribution < -0.4 is 10.6 Å². The molecule has 2 aliphatic rings. The van der Waals surface area contributed by atoms with E-state index >= 15 is 0 Å². The molecule has 1 saturated heterocycles. The van der Waals surface area contributed by atoms with Crippen LogP contribution in [0.15, 0.2) is 48.8 Å². The smallest absolute Gasteiger partial charge is 0.254 e. The number of aromatic nitrogens is 1. The Labute approximate surface area is 175 Å². The summed E-state index contributed by atoms with van der Waals surface area (Å²) in [4.78, 5) is 45.8. The minimum Gasteiger partial charge on any atom is -0.340 e. The van der Waals surface area contributed by atoms with Crippen molar-refractivity contribution >= 4 is 23.4 Å². The molecule has 1 aromatic heterocycles. The maximum atomic E-state index is 12.7. The van der Waals surface area contributed by atoms with E-state index in [2.05, 4.69) is 26.6 Å². The predicted octanol–water partition coefficient (Wildman–Crippen LogP) is 1.26. The molecule has 30 heavy (non-hydrogen) atoms. The van der Waals surface area contributed by atoms with Gasteiger partial charge in [0.25, 0.3) is 5.91 Å². The van der Waals surface area contributed by atoms with Gasteiger partial charge in [0.1, 0.15) is 6.04 Å². The van der Waals surface area contributed by atoms with Gasteiger partial charge < -0.3 is 15.5 Å². The normalized spacial score (nSPS) is 19.5. The second-order valence-corrected chi connectivity index (χ2v) is 7.62. The van der Waals surface area contributed by atoms with E-state index in [0.717, 1.165) is 25.2 Å². The number of hydrogen-bond donors (Lipinski definition) is 2. The van der Waals surface area contributed by atoms with Crippen molar-refractivity contribution in [1.82, 2.24) is 20.1 Å². The second-order valence-electron chi connectivity index (χ2n) is 7.62. The average molecular weight is 407 g/mol. The molecule has 1 atom stereocenters. The Balaban J connectivity index is 1.26. The van der Waals surface area contributed by atoms with Crippen molar-refractivity contribution in [2.24, 2.45) is 0 Å². The van der Waals surface area contributed by atoms with Crippen LogP contribution in [0.4, 0.5) is 5.69 Å². The number of carbonyl (C=O) groups excluding carboxylic acids is 3. The van der Waals surface area contributed by atoms with E-state index in [0.29, 0.717) is 24.3 Å². The molecule has 8 heteroatoms. The summed E-state index contributed by atoms with van der Waals surface area (Å²) in [6, 6.07) is 10.1. The van der Waals surface area contributed by atoms with Gasteiger partial charge in [0.15, 0.2) is 0 Å². The van der Waals surface area contributed by atoms with Crippen LogP contribution in [0.25, 0.3) is 0 Å². The molecule has 1 aromatic carbocycles. The molecule has 0 aliphatic carbocycles. The fourth-order valence-corrected chi connectivity index (χ4v) is 3.85. The Morgan fingerprint density at radius 2 is 1.87 bits per heavy atom. The van der Waals surface area contributed by atoms with Crippen LogP contribution in [0.3, 0.4) is 0 Å². The minimum absolute atomic E-state index is 0.0137. The van der Waals surface area contributed by atoms with Crippen LogP contribution in [0, 0.1) is 0 Å². The molecule has 3 amide bonds. The minimum atomic E-state index is -0.722. The lowest BCUT2D eigenvalue weighted by atomic mass is 10.1. The van der Waals surface area contributed by atoms with Crippen molar-refractivity contribution in [1.29, 1.82) is 0 Å². The number of amides is 3. The number of piperazine rings is 1. The van der Waals surface area contributed by atoms with Gasteiger partial charge >= 0.3 is 0 Å². The number of carbonyl (C=O) groups is 3. The monoisotopic (exact) mass is 407 g/mol. The maximum Gasteiger partial charge on any atom is 0.254 e. The summed E-state index contributed by atoms with van der Waals surface area (Å²) < 4.78 is 0. The van der Waals surface area contributed by atoms with Gasteiger partial charge in [0, 0.05) is 51.5 Å². The van der Waals surface area contributed by atoms with Gasteiger partial charge in [0.05, 0.1) is 11.3 Å². The first kappa shape index (κ1) is 20.0. The fraction of sp³-hybridized carbons (Fsp3) is 0.364. The Morgan fingerprint density at radius 3 is 2.63 bits per heavy atom. The second kappa shape index (κ2) is 9.04. The number of anilines is 1. The molecule has 0 saturated carbocycles. The van der Waals surface area contributed by atoms with E-state index in [9.17, 15) is 14.4 Å². The molecular weight excluding hydrogens is 382 g/mol. The number of pyridine rings is 1. The van der Waals surface area contributed by atoms with Gasteiger partial charge in [-0.2, -0.15) is 0 Å². The van der Waals surface area contributed by atoms with Gasteiger partial charge in [-0.3, -0.25) is 24.3 Å². The summed E-state index contributed by atoms with van der Waals surface area (Å²) in [5.74, 6) is -0.576. The van der Waals surface area contributed by atoms with Gasteiger partial charge in [0.2, 0.25) is 11.8 Å². The third-order valence-electron chi connectivity index (χ3n) is 5.55. The number of fused-ring (bicyclic) bond motifs is 1. The predicted molar refractivity (Wildman–Crippen MR) is 112 cm³/mol. The summed E-state index contributed by atoms with van der Waals surface area (Å²) in [6.45, 7) is 3.75. The molecule has 156 valence electrons. The van der Waals surface area contributed by atoms with Crippen LogP contribution in [-0.4, -0.2) is 64.7 Å². The first-order chi connectivity index (χ1) is 14.6. The first-order valence-electron chi connectivity index (χ1n) is 10.2. The molecule has 2 aromatic rings. The highest BCUT2D eigenvalue weighted by Gasteiger charge is 2.29.